The van der Waals surface area contributed by atoms with E-state index in [0.29, 0.717) is 11.0 Å². The first kappa shape index (κ1) is 20.1. The molecule has 4 atom stereocenters. The Kier molecular flexibility index (Phi) is 7.49. The number of rotatable bonds is 6. The highest BCUT2D eigenvalue weighted by molar-refractivity contribution is 8.14. The van der Waals surface area contributed by atoms with Crippen molar-refractivity contribution in [2.75, 3.05) is 0 Å². The molecule has 0 aromatic rings. The molecule has 0 N–H and O–H groups in total. The van der Waals surface area contributed by atoms with Gasteiger partial charge in [0.05, 0.1) is 0 Å². The lowest BCUT2D eigenvalue weighted by Gasteiger charge is -2.40. The van der Waals surface area contributed by atoms with Crippen LogP contribution in [0.25, 0.3) is 0 Å². The van der Waals surface area contributed by atoms with Crippen LogP contribution in [-0.4, -0.2) is 9.86 Å². The van der Waals surface area contributed by atoms with Crippen molar-refractivity contribution in [2.24, 2.45) is 23.2 Å². The van der Waals surface area contributed by atoms with Gasteiger partial charge in [-0.3, -0.25) is 4.79 Å². The molecular formula is C20H38OS. The first-order chi connectivity index (χ1) is 10.4. The number of carbonyl (C=O) groups is 1. The van der Waals surface area contributed by atoms with E-state index < -0.39 is 0 Å². The standard InChI is InChI=1S/C18H32OS.C2H6/c1-6-10-17(5,13(3)4)16(19)20-18(7-2)12-14-8-9-15(18)11-14;1-2/h13-15H,6-12H2,1-5H3;1-2H3. The van der Waals surface area contributed by atoms with Crippen molar-refractivity contribution in [3.8, 4) is 0 Å². The Bertz CT molecular complexity index is 365. The zero-order chi connectivity index (χ0) is 17.0. The molecule has 1 nitrogen and oxygen atoms in total. The summed E-state index contributed by atoms with van der Waals surface area (Å²) in [6.07, 6.45) is 8.77. The van der Waals surface area contributed by atoms with Crippen LogP contribution in [0.3, 0.4) is 0 Å². The van der Waals surface area contributed by atoms with E-state index in [0.717, 1.165) is 24.7 Å². The highest BCUT2D eigenvalue weighted by atomic mass is 32.2. The van der Waals surface area contributed by atoms with E-state index in [4.69, 9.17) is 0 Å². The Morgan fingerprint density at radius 1 is 1.27 bits per heavy atom. The van der Waals surface area contributed by atoms with Gasteiger partial charge in [-0.2, -0.15) is 0 Å². The summed E-state index contributed by atoms with van der Waals surface area (Å²) in [4.78, 5) is 13.1. The summed E-state index contributed by atoms with van der Waals surface area (Å²) in [6, 6.07) is 0. The van der Waals surface area contributed by atoms with E-state index in [-0.39, 0.29) is 10.2 Å². The molecule has 2 fully saturated rings. The van der Waals surface area contributed by atoms with E-state index in [1.807, 2.05) is 13.8 Å². The van der Waals surface area contributed by atoms with Crippen LogP contribution in [0.15, 0.2) is 0 Å². The maximum Gasteiger partial charge on any atom is 0.195 e. The van der Waals surface area contributed by atoms with E-state index in [1.54, 1.807) is 11.8 Å². The maximum atomic E-state index is 13.1. The number of thioether (sulfide) groups is 1. The molecule has 0 radical (unpaired) electrons. The smallest absolute Gasteiger partial charge is 0.195 e. The fourth-order valence-electron chi connectivity index (χ4n) is 4.47. The second kappa shape index (κ2) is 8.22. The molecule has 22 heavy (non-hydrogen) atoms. The second-order valence-corrected chi connectivity index (χ2v) is 9.10. The summed E-state index contributed by atoms with van der Waals surface area (Å²) >= 11 is 1.75. The number of fused-ring (bicyclic) bond motifs is 2. The largest absolute Gasteiger partial charge is 0.287 e. The molecule has 4 unspecified atom stereocenters. The van der Waals surface area contributed by atoms with Gasteiger partial charge in [-0.05, 0) is 49.9 Å². The average Bonchev–Trinajstić information content (AvgIpc) is 3.10. The fourth-order valence-corrected chi connectivity index (χ4v) is 6.25. The van der Waals surface area contributed by atoms with Gasteiger partial charge in [-0.1, -0.05) is 73.1 Å². The second-order valence-electron chi connectivity index (χ2n) is 7.71. The van der Waals surface area contributed by atoms with Gasteiger partial charge in [0.1, 0.15) is 0 Å². The molecule has 0 amide bonds. The predicted octanol–water partition coefficient (Wildman–Crippen LogP) is 6.70. The van der Waals surface area contributed by atoms with E-state index in [9.17, 15) is 4.79 Å². The zero-order valence-corrected chi connectivity index (χ0v) is 16.8. The van der Waals surface area contributed by atoms with Crippen LogP contribution >= 0.6 is 11.8 Å². The van der Waals surface area contributed by atoms with Crippen LogP contribution in [0.4, 0.5) is 0 Å². The molecule has 2 rings (SSSR count). The Labute approximate surface area is 143 Å². The van der Waals surface area contributed by atoms with Gasteiger partial charge in [0.2, 0.25) is 0 Å². The van der Waals surface area contributed by atoms with Crippen LogP contribution in [0.2, 0.25) is 0 Å². The monoisotopic (exact) mass is 326 g/mol. The third-order valence-corrected chi connectivity index (χ3v) is 8.17. The fraction of sp³-hybridized carbons (Fsp3) is 0.950. The Morgan fingerprint density at radius 2 is 1.91 bits per heavy atom. The normalized spacial score (nSPS) is 32.5. The average molecular weight is 327 g/mol. The molecule has 0 aromatic carbocycles. The summed E-state index contributed by atoms with van der Waals surface area (Å²) < 4.78 is 0.282. The Morgan fingerprint density at radius 3 is 2.27 bits per heavy atom. The topological polar surface area (TPSA) is 17.1 Å². The lowest BCUT2D eigenvalue weighted by Crippen LogP contribution is -2.38. The van der Waals surface area contributed by atoms with Gasteiger partial charge in [0.25, 0.3) is 0 Å². The molecule has 2 aliphatic carbocycles. The van der Waals surface area contributed by atoms with Crippen molar-refractivity contribution < 1.29 is 4.79 Å². The van der Waals surface area contributed by atoms with Crippen molar-refractivity contribution in [3.63, 3.8) is 0 Å². The van der Waals surface area contributed by atoms with Crippen LogP contribution < -0.4 is 0 Å². The zero-order valence-electron chi connectivity index (χ0n) is 16.0. The highest BCUT2D eigenvalue weighted by Crippen LogP contribution is 2.60. The quantitative estimate of drug-likeness (QED) is 0.540. The van der Waals surface area contributed by atoms with Crippen molar-refractivity contribution in [1.82, 2.24) is 0 Å². The van der Waals surface area contributed by atoms with Crippen LogP contribution in [0.1, 0.15) is 93.4 Å². The first-order valence-corrected chi connectivity index (χ1v) is 10.4. The summed E-state index contributed by atoms with van der Waals surface area (Å²) in [5.41, 5.74) is -0.135. The Hall–Kier alpha value is 0.0200. The van der Waals surface area contributed by atoms with E-state index >= 15 is 0 Å². The SMILES string of the molecule is CC.CCCC(C)(C(=O)SC1(CC)CC2CCC1C2)C(C)C. The molecule has 2 saturated carbocycles. The molecule has 0 aliphatic heterocycles. The Balaban J connectivity index is 0.00000116. The van der Waals surface area contributed by atoms with Gasteiger partial charge >= 0.3 is 0 Å². The summed E-state index contributed by atoms with van der Waals surface area (Å²) in [5.74, 6) is 2.16. The third-order valence-electron chi connectivity index (χ3n) is 6.32. The third kappa shape index (κ3) is 3.74. The lowest BCUT2D eigenvalue weighted by atomic mass is 9.77. The van der Waals surface area contributed by atoms with Crippen molar-refractivity contribution in [1.29, 1.82) is 0 Å². The molecule has 2 aliphatic rings. The van der Waals surface area contributed by atoms with Gasteiger partial charge in [-0.15, -0.1) is 0 Å². The minimum Gasteiger partial charge on any atom is -0.287 e. The van der Waals surface area contributed by atoms with Crippen LogP contribution in [0, 0.1) is 23.2 Å². The molecular weight excluding hydrogens is 288 g/mol. The summed E-state index contributed by atoms with van der Waals surface area (Å²) in [5, 5.41) is 0.476. The predicted molar refractivity (Wildman–Crippen MR) is 100 cm³/mol. The van der Waals surface area contributed by atoms with Gasteiger partial charge in [-0.25, -0.2) is 0 Å². The van der Waals surface area contributed by atoms with Gasteiger partial charge < -0.3 is 0 Å². The highest BCUT2D eigenvalue weighted by Gasteiger charge is 2.53. The minimum atomic E-state index is -0.135. The molecule has 2 bridgehead atoms. The van der Waals surface area contributed by atoms with Crippen molar-refractivity contribution >= 4 is 16.9 Å². The number of hydrogen-bond donors (Lipinski definition) is 0. The van der Waals surface area contributed by atoms with E-state index in [2.05, 4.69) is 34.6 Å². The van der Waals surface area contributed by atoms with Gasteiger partial charge in [0.15, 0.2) is 5.12 Å². The van der Waals surface area contributed by atoms with E-state index in [1.165, 1.54) is 32.1 Å². The van der Waals surface area contributed by atoms with Crippen LogP contribution in [0.5, 0.6) is 0 Å². The summed E-state index contributed by atoms with van der Waals surface area (Å²) in [7, 11) is 0. The molecule has 2 heteroatoms. The van der Waals surface area contributed by atoms with Crippen LogP contribution in [-0.2, 0) is 4.79 Å². The van der Waals surface area contributed by atoms with Gasteiger partial charge in [0, 0.05) is 10.2 Å². The molecule has 0 saturated heterocycles. The lowest BCUT2D eigenvalue weighted by molar-refractivity contribution is -0.121. The first-order valence-electron chi connectivity index (χ1n) is 9.61. The summed E-state index contributed by atoms with van der Waals surface area (Å²) in [6.45, 7) is 15.1. The maximum absolute atomic E-state index is 13.1. The molecule has 0 heterocycles. The number of carbonyl (C=O) groups excluding carboxylic acids is 1. The van der Waals surface area contributed by atoms with Crippen molar-refractivity contribution in [2.45, 2.75) is 98.2 Å². The molecule has 0 spiro atoms. The minimum absolute atomic E-state index is 0.135. The molecule has 130 valence electrons. The van der Waals surface area contributed by atoms with Crippen molar-refractivity contribution in [3.05, 3.63) is 0 Å². The number of hydrogen-bond acceptors (Lipinski definition) is 2. The molecule has 0 aromatic heterocycles.